The fraction of sp³-hybridized carbons (Fsp3) is 0.233. The van der Waals surface area contributed by atoms with Gasteiger partial charge in [0.05, 0.1) is 6.54 Å². The number of rotatable bonds is 9. The summed E-state index contributed by atoms with van der Waals surface area (Å²) >= 11 is 0. The van der Waals surface area contributed by atoms with E-state index >= 15 is 0 Å². The van der Waals surface area contributed by atoms with E-state index in [0.29, 0.717) is 18.1 Å². The lowest BCUT2D eigenvalue weighted by Gasteiger charge is -2.12. The second-order valence-electron chi connectivity index (χ2n) is 8.52. The number of aryl methyl sites for hydroxylation is 2. The van der Waals surface area contributed by atoms with E-state index in [-0.39, 0.29) is 6.61 Å². The van der Waals surface area contributed by atoms with Crippen molar-refractivity contribution in [1.82, 2.24) is 4.90 Å². The van der Waals surface area contributed by atoms with Gasteiger partial charge in [-0.25, -0.2) is 4.79 Å². The van der Waals surface area contributed by atoms with Crippen LogP contribution in [0, 0.1) is 25.7 Å². The maximum Gasteiger partial charge on any atom is 0.341 e. The minimum Gasteiger partial charge on any atom is -0.489 e. The fourth-order valence-corrected chi connectivity index (χ4v) is 3.40. The Morgan fingerprint density at radius 3 is 2.20 bits per heavy atom. The molecule has 0 spiro atoms. The van der Waals surface area contributed by atoms with Crippen molar-refractivity contribution in [3.63, 3.8) is 0 Å². The van der Waals surface area contributed by atoms with Crippen molar-refractivity contribution in [3.8, 4) is 23.3 Å². The zero-order valence-corrected chi connectivity index (χ0v) is 20.7. The number of benzene rings is 3. The average molecular weight is 470 g/mol. The van der Waals surface area contributed by atoms with Crippen molar-refractivity contribution >= 4 is 11.5 Å². The number of aliphatic carboxylic acids is 1. The highest BCUT2D eigenvalue weighted by Gasteiger charge is 2.07. The summed E-state index contributed by atoms with van der Waals surface area (Å²) in [5.74, 6) is 6.58. The van der Waals surface area contributed by atoms with Gasteiger partial charge in [-0.05, 0) is 86.6 Å². The quantitative estimate of drug-likeness (QED) is 0.437. The monoisotopic (exact) mass is 469 g/mol. The van der Waals surface area contributed by atoms with Gasteiger partial charge < -0.3 is 14.6 Å². The van der Waals surface area contributed by atoms with Crippen molar-refractivity contribution in [2.45, 2.75) is 13.8 Å². The van der Waals surface area contributed by atoms with E-state index in [1.54, 1.807) is 12.1 Å². The Kier molecular flexibility index (Phi) is 9.11. The first-order valence-corrected chi connectivity index (χ1v) is 11.4. The van der Waals surface area contributed by atoms with Crippen molar-refractivity contribution in [2.24, 2.45) is 0 Å². The third kappa shape index (κ3) is 8.06. The van der Waals surface area contributed by atoms with Gasteiger partial charge in [0.15, 0.2) is 6.61 Å². The van der Waals surface area contributed by atoms with Gasteiger partial charge in [-0.15, -0.1) is 0 Å². The van der Waals surface area contributed by atoms with Gasteiger partial charge in [0.1, 0.15) is 18.1 Å². The normalized spacial score (nSPS) is 11.1. The molecule has 1 N–H and O–H groups in total. The first-order chi connectivity index (χ1) is 16.8. The molecular weight excluding hydrogens is 438 g/mol. The van der Waals surface area contributed by atoms with Crippen LogP contribution in [0.25, 0.3) is 5.57 Å². The van der Waals surface area contributed by atoms with Crippen molar-refractivity contribution in [1.29, 1.82) is 0 Å². The van der Waals surface area contributed by atoms with Crippen molar-refractivity contribution in [3.05, 3.63) is 101 Å². The Balaban J connectivity index is 1.78. The van der Waals surface area contributed by atoms with E-state index in [4.69, 9.17) is 14.6 Å². The van der Waals surface area contributed by atoms with Crippen LogP contribution in [0.15, 0.2) is 72.8 Å². The van der Waals surface area contributed by atoms with Gasteiger partial charge in [0.2, 0.25) is 0 Å². The zero-order chi connectivity index (χ0) is 25.2. The highest BCUT2D eigenvalue weighted by Crippen LogP contribution is 2.26. The molecule has 35 heavy (non-hydrogen) atoms. The van der Waals surface area contributed by atoms with Gasteiger partial charge in [-0.3, -0.25) is 4.90 Å². The van der Waals surface area contributed by atoms with Crippen molar-refractivity contribution in [2.75, 3.05) is 33.9 Å². The molecule has 0 saturated heterocycles. The van der Waals surface area contributed by atoms with E-state index in [2.05, 4.69) is 61.2 Å². The molecule has 3 aromatic carbocycles. The minimum atomic E-state index is -1.01. The third-order valence-corrected chi connectivity index (χ3v) is 5.22. The zero-order valence-electron chi connectivity index (χ0n) is 20.7. The largest absolute Gasteiger partial charge is 0.489 e. The number of carboxylic acid groups (broad SMARTS) is 1. The molecule has 0 heterocycles. The number of hydrogen-bond donors (Lipinski definition) is 1. The highest BCUT2D eigenvalue weighted by atomic mass is 16.5. The Morgan fingerprint density at radius 2 is 1.60 bits per heavy atom. The number of carbonyl (C=O) groups is 1. The molecule has 0 aromatic heterocycles. The summed E-state index contributed by atoms with van der Waals surface area (Å²) in [7, 11) is 4.00. The second kappa shape index (κ2) is 12.5. The molecule has 0 aliphatic heterocycles. The summed E-state index contributed by atoms with van der Waals surface area (Å²) in [5, 5.41) is 8.80. The Labute approximate surface area is 207 Å². The van der Waals surface area contributed by atoms with E-state index in [1.807, 2.05) is 44.1 Å². The Bertz CT molecular complexity index is 1230. The maximum absolute atomic E-state index is 10.7. The summed E-state index contributed by atoms with van der Waals surface area (Å²) < 4.78 is 11.3. The van der Waals surface area contributed by atoms with Crippen LogP contribution in [0.3, 0.4) is 0 Å². The molecule has 180 valence electrons. The number of hydrogen-bond acceptors (Lipinski definition) is 4. The molecular formula is C30H31NO4. The van der Waals surface area contributed by atoms with Crippen LogP contribution in [0.1, 0.15) is 27.8 Å². The standard InChI is InChI=1S/C30H31NO4/c1-22-7-11-25(12-8-22)28(26-13-9-24(10-14-26)6-5-18-31(3)4)17-19-34-27-15-16-29(23(2)20-27)35-21-30(32)33/h7-17,20H,18-19,21H2,1-4H3,(H,32,33)/b28-17-. The Morgan fingerprint density at radius 1 is 0.943 bits per heavy atom. The third-order valence-electron chi connectivity index (χ3n) is 5.22. The molecule has 3 rings (SSSR count). The van der Waals surface area contributed by atoms with Gasteiger partial charge >= 0.3 is 5.97 Å². The van der Waals surface area contributed by atoms with E-state index in [9.17, 15) is 4.79 Å². The molecule has 0 fully saturated rings. The average Bonchev–Trinajstić information content (AvgIpc) is 2.82. The van der Waals surface area contributed by atoms with E-state index in [0.717, 1.165) is 34.4 Å². The number of nitrogens with zero attached hydrogens (tertiary/aromatic N) is 1. The minimum absolute atomic E-state index is 0.371. The predicted octanol–water partition coefficient (Wildman–Crippen LogP) is 5.19. The lowest BCUT2D eigenvalue weighted by molar-refractivity contribution is -0.139. The van der Waals surface area contributed by atoms with Crippen LogP contribution in [-0.4, -0.2) is 49.8 Å². The van der Waals surface area contributed by atoms with Crippen LogP contribution in [0.4, 0.5) is 0 Å². The van der Waals surface area contributed by atoms with Gasteiger partial charge in [-0.2, -0.15) is 0 Å². The second-order valence-corrected chi connectivity index (χ2v) is 8.52. The van der Waals surface area contributed by atoms with Crippen LogP contribution in [0.2, 0.25) is 0 Å². The number of ether oxygens (including phenoxy) is 2. The molecule has 0 radical (unpaired) electrons. The first kappa shape index (κ1) is 25.6. The summed E-state index contributed by atoms with van der Waals surface area (Å²) in [5.41, 5.74) is 6.28. The topological polar surface area (TPSA) is 59.0 Å². The highest BCUT2D eigenvalue weighted by molar-refractivity contribution is 5.80. The van der Waals surface area contributed by atoms with Crippen LogP contribution in [0.5, 0.6) is 11.5 Å². The van der Waals surface area contributed by atoms with Gasteiger partial charge in [0, 0.05) is 5.56 Å². The molecule has 3 aromatic rings. The SMILES string of the molecule is Cc1ccc(/C(=C/COc2ccc(OCC(=O)O)c(C)c2)c2ccc(C#CCN(C)C)cc2)cc1. The smallest absolute Gasteiger partial charge is 0.341 e. The van der Waals surface area contributed by atoms with Crippen molar-refractivity contribution < 1.29 is 19.4 Å². The molecule has 0 atom stereocenters. The summed E-state index contributed by atoms with van der Waals surface area (Å²) in [6.07, 6.45) is 2.07. The molecule has 0 aliphatic carbocycles. The van der Waals surface area contributed by atoms with Crippen LogP contribution in [-0.2, 0) is 4.79 Å². The first-order valence-electron chi connectivity index (χ1n) is 11.4. The lowest BCUT2D eigenvalue weighted by atomic mass is 9.96. The number of carboxylic acids is 1. The maximum atomic E-state index is 10.7. The fourth-order valence-electron chi connectivity index (χ4n) is 3.40. The molecule has 0 aliphatic rings. The predicted molar refractivity (Wildman–Crippen MR) is 140 cm³/mol. The van der Waals surface area contributed by atoms with Crippen LogP contribution < -0.4 is 9.47 Å². The summed E-state index contributed by atoms with van der Waals surface area (Å²) in [4.78, 5) is 12.8. The summed E-state index contributed by atoms with van der Waals surface area (Å²) in [6, 6.07) is 22.1. The van der Waals surface area contributed by atoms with Gasteiger partial charge in [-0.1, -0.05) is 53.8 Å². The molecule has 5 heteroatoms. The molecule has 0 amide bonds. The molecule has 0 saturated carbocycles. The Hall–Kier alpha value is -4.01. The summed E-state index contributed by atoms with van der Waals surface area (Å²) in [6.45, 7) is 4.66. The van der Waals surface area contributed by atoms with Crippen LogP contribution >= 0.6 is 0 Å². The lowest BCUT2D eigenvalue weighted by Crippen LogP contribution is -2.10. The van der Waals surface area contributed by atoms with E-state index in [1.165, 1.54) is 5.56 Å². The molecule has 0 bridgehead atoms. The molecule has 0 unspecified atom stereocenters. The van der Waals surface area contributed by atoms with Gasteiger partial charge in [0.25, 0.3) is 0 Å². The molecule has 5 nitrogen and oxygen atoms in total. The van der Waals surface area contributed by atoms with E-state index < -0.39 is 5.97 Å².